The Labute approximate surface area is 167 Å². The molecule has 0 saturated heterocycles. The number of rotatable bonds is 5. The number of carbonyl (C=O) groups is 1. The first kappa shape index (κ1) is 18.7. The molecule has 7 nitrogen and oxygen atoms in total. The van der Waals surface area contributed by atoms with Crippen molar-refractivity contribution in [2.45, 2.75) is 26.4 Å². The molecule has 2 heterocycles. The second kappa shape index (κ2) is 7.43. The van der Waals surface area contributed by atoms with Gasteiger partial charge in [-0.3, -0.25) is 14.0 Å². The van der Waals surface area contributed by atoms with Gasteiger partial charge in [0.25, 0.3) is 5.56 Å². The van der Waals surface area contributed by atoms with Gasteiger partial charge in [0.2, 0.25) is 5.91 Å². The molecule has 0 spiro atoms. The number of amides is 1. The fourth-order valence-electron chi connectivity index (χ4n) is 3.64. The largest absolute Gasteiger partial charge is 0.496 e. The van der Waals surface area contributed by atoms with Crippen LogP contribution in [-0.2, 0) is 11.3 Å². The Morgan fingerprint density at radius 1 is 1.14 bits per heavy atom. The van der Waals surface area contributed by atoms with E-state index >= 15 is 0 Å². The molecule has 0 bridgehead atoms. The Balaban J connectivity index is 1.68. The molecule has 0 radical (unpaired) electrons. The van der Waals surface area contributed by atoms with Crippen molar-refractivity contribution in [2.75, 3.05) is 7.11 Å². The number of hydrogen-bond donors (Lipinski definition) is 1. The summed E-state index contributed by atoms with van der Waals surface area (Å²) in [6, 6.07) is 16.9. The summed E-state index contributed by atoms with van der Waals surface area (Å²) < 4.78 is 8.41. The normalized spacial score (nSPS) is 12.2. The maximum absolute atomic E-state index is 13.0. The summed E-state index contributed by atoms with van der Waals surface area (Å²) in [6.07, 6.45) is 0. The van der Waals surface area contributed by atoms with Crippen LogP contribution in [0.15, 0.2) is 59.4 Å². The first-order valence-electron chi connectivity index (χ1n) is 9.40. The second-order valence-electron chi connectivity index (χ2n) is 6.97. The standard InChI is InChI=1S/C22H22N4O3/c1-14(16-8-5-4-6-9-16)23-21(27)13-25-22(28)19-12-17-18(26(19)15(2)24-25)10-7-11-20(17)29-3/h4-12,14H,13H2,1-3H3,(H,23,27)/t14-/m0/s1. The minimum absolute atomic E-state index is 0.147. The lowest BCUT2D eigenvalue weighted by molar-refractivity contribution is -0.122. The highest BCUT2D eigenvalue weighted by molar-refractivity contribution is 5.92. The highest BCUT2D eigenvalue weighted by Gasteiger charge is 2.17. The summed E-state index contributed by atoms with van der Waals surface area (Å²) in [5.74, 6) is 1.03. The van der Waals surface area contributed by atoms with Gasteiger partial charge in [-0.2, -0.15) is 5.10 Å². The number of methoxy groups -OCH3 is 1. The zero-order chi connectivity index (χ0) is 20.5. The van der Waals surface area contributed by atoms with Gasteiger partial charge in [0.05, 0.1) is 18.7 Å². The Kier molecular flexibility index (Phi) is 4.80. The van der Waals surface area contributed by atoms with Crippen LogP contribution >= 0.6 is 0 Å². The number of nitrogens with zero attached hydrogens (tertiary/aromatic N) is 3. The number of ether oxygens (including phenoxy) is 1. The van der Waals surface area contributed by atoms with E-state index in [-0.39, 0.29) is 24.1 Å². The summed E-state index contributed by atoms with van der Waals surface area (Å²) in [4.78, 5) is 25.5. The molecule has 1 amide bonds. The number of aromatic nitrogens is 3. The Hall–Kier alpha value is -3.61. The van der Waals surface area contributed by atoms with E-state index in [0.29, 0.717) is 17.1 Å². The predicted molar refractivity (Wildman–Crippen MR) is 111 cm³/mol. The van der Waals surface area contributed by atoms with Crippen LogP contribution in [0.5, 0.6) is 5.75 Å². The monoisotopic (exact) mass is 390 g/mol. The number of benzene rings is 2. The van der Waals surface area contributed by atoms with Crippen LogP contribution in [0.4, 0.5) is 0 Å². The van der Waals surface area contributed by atoms with Gasteiger partial charge >= 0.3 is 0 Å². The van der Waals surface area contributed by atoms with Crippen molar-refractivity contribution in [1.29, 1.82) is 0 Å². The fourth-order valence-corrected chi connectivity index (χ4v) is 3.64. The van der Waals surface area contributed by atoms with Gasteiger partial charge in [0, 0.05) is 5.39 Å². The van der Waals surface area contributed by atoms with E-state index in [0.717, 1.165) is 16.5 Å². The van der Waals surface area contributed by atoms with Crippen LogP contribution in [0.25, 0.3) is 16.4 Å². The summed E-state index contributed by atoms with van der Waals surface area (Å²) in [7, 11) is 1.60. The van der Waals surface area contributed by atoms with Gasteiger partial charge < -0.3 is 10.1 Å². The van der Waals surface area contributed by atoms with Crippen LogP contribution in [0.2, 0.25) is 0 Å². The van der Waals surface area contributed by atoms with Crippen LogP contribution < -0.4 is 15.6 Å². The van der Waals surface area contributed by atoms with Crippen molar-refractivity contribution in [3.05, 3.63) is 76.3 Å². The molecule has 0 aliphatic carbocycles. The van der Waals surface area contributed by atoms with Gasteiger partial charge in [-0.25, -0.2) is 4.68 Å². The number of nitrogens with one attached hydrogen (secondary N) is 1. The third-order valence-corrected chi connectivity index (χ3v) is 5.04. The van der Waals surface area contributed by atoms with E-state index in [9.17, 15) is 9.59 Å². The summed E-state index contributed by atoms with van der Waals surface area (Å²) in [5.41, 5.74) is 1.98. The van der Waals surface area contributed by atoms with Gasteiger partial charge in [0.15, 0.2) is 0 Å². The van der Waals surface area contributed by atoms with Crippen LogP contribution in [0.3, 0.4) is 0 Å². The third-order valence-electron chi connectivity index (χ3n) is 5.04. The second-order valence-corrected chi connectivity index (χ2v) is 6.97. The first-order chi connectivity index (χ1) is 14.0. The maximum atomic E-state index is 13.0. The van der Waals surface area contributed by atoms with Crippen molar-refractivity contribution in [2.24, 2.45) is 0 Å². The van der Waals surface area contributed by atoms with E-state index in [1.54, 1.807) is 17.6 Å². The Bertz CT molecular complexity index is 1260. The van der Waals surface area contributed by atoms with Gasteiger partial charge in [-0.1, -0.05) is 36.4 Å². The molecule has 1 atom stereocenters. The molecule has 0 saturated carbocycles. The zero-order valence-electron chi connectivity index (χ0n) is 16.5. The van der Waals surface area contributed by atoms with Crippen molar-refractivity contribution < 1.29 is 9.53 Å². The Morgan fingerprint density at radius 3 is 2.62 bits per heavy atom. The molecular formula is C22H22N4O3. The summed E-state index contributed by atoms with van der Waals surface area (Å²) in [6.45, 7) is 3.57. The molecule has 0 aliphatic heterocycles. The average Bonchev–Trinajstić information content (AvgIpc) is 3.13. The fraction of sp³-hybridized carbons (Fsp3) is 0.227. The van der Waals surface area contributed by atoms with Crippen molar-refractivity contribution in [3.63, 3.8) is 0 Å². The van der Waals surface area contributed by atoms with Crippen molar-refractivity contribution in [3.8, 4) is 5.75 Å². The lowest BCUT2D eigenvalue weighted by Crippen LogP contribution is -2.36. The molecule has 2 aromatic heterocycles. The smallest absolute Gasteiger partial charge is 0.291 e. The van der Waals surface area contributed by atoms with Crippen molar-refractivity contribution in [1.82, 2.24) is 19.5 Å². The maximum Gasteiger partial charge on any atom is 0.291 e. The van der Waals surface area contributed by atoms with Crippen LogP contribution in [-0.4, -0.2) is 27.2 Å². The number of fused-ring (bicyclic) bond motifs is 3. The number of hydrogen-bond acceptors (Lipinski definition) is 4. The van der Waals surface area contributed by atoms with Crippen molar-refractivity contribution >= 4 is 22.3 Å². The highest BCUT2D eigenvalue weighted by Crippen LogP contribution is 2.28. The van der Waals surface area contributed by atoms with E-state index in [1.165, 1.54) is 4.68 Å². The van der Waals surface area contributed by atoms with Crippen LogP contribution in [0.1, 0.15) is 24.4 Å². The minimum atomic E-state index is -0.323. The van der Waals surface area contributed by atoms with E-state index < -0.39 is 0 Å². The van der Waals surface area contributed by atoms with Gasteiger partial charge in [0.1, 0.15) is 23.6 Å². The number of carbonyl (C=O) groups excluding carboxylic acids is 1. The SMILES string of the molecule is COc1cccc2c1cc1c(=O)n(CC(=O)N[C@@H](C)c3ccccc3)nc(C)n12. The lowest BCUT2D eigenvalue weighted by atomic mass is 10.1. The molecule has 4 rings (SSSR count). The number of aryl methyl sites for hydroxylation is 1. The van der Waals surface area contributed by atoms with Crippen LogP contribution in [0, 0.1) is 6.92 Å². The molecule has 0 fully saturated rings. The Morgan fingerprint density at radius 2 is 1.90 bits per heavy atom. The van der Waals surface area contributed by atoms with Gasteiger partial charge in [-0.05, 0) is 37.6 Å². The van der Waals surface area contributed by atoms with Gasteiger partial charge in [-0.15, -0.1) is 0 Å². The molecule has 7 heteroatoms. The predicted octanol–water partition coefficient (Wildman–Crippen LogP) is 2.84. The minimum Gasteiger partial charge on any atom is -0.496 e. The molecular weight excluding hydrogens is 368 g/mol. The average molecular weight is 390 g/mol. The molecule has 0 aliphatic rings. The molecule has 148 valence electrons. The van der Waals surface area contributed by atoms with E-state index in [2.05, 4.69) is 10.4 Å². The molecule has 1 N–H and O–H groups in total. The third kappa shape index (κ3) is 3.35. The molecule has 2 aromatic carbocycles. The lowest BCUT2D eigenvalue weighted by Gasteiger charge is -2.15. The topological polar surface area (TPSA) is 77.6 Å². The molecule has 0 unspecified atom stereocenters. The summed E-state index contributed by atoms with van der Waals surface area (Å²) >= 11 is 0. The first-order valence-corrected chi connectivity index (χ1v) is 9.40. The molecule has 29 heavy (non-hydrogen) atoms. The zero-order valence-corrected chi connectivity index (χ0v) is 16.5. The van der Waals surface area contributed by atoms with E-state index in [1.807, 2.05) is 62.4 Å². The quantitative estimate of drug-likeness (QED) is 0.568. The summed E-state index contributed by atoms with van der Waals surface area (Å²) in [5, 5.41) is 8.11. The molecule has 4 aromatic rings. The highest BCUT2D eigenvalue weighted by atomic mass is 16.5. The van der Waals surface area contributed by atoms with E-state index in [4.69, 9.17) is 4.74 Å².